The van der Waals surface area contributed by atoms with Crippen molar-refractivity contribution in [1.29, 1.82) is 0 Å². The van der Waals surface area contributed by atoms with E-state index >= 15 is 0 Å². The third-order valence-corrected chi connectivity index (χ3v) is 4.46. The largest absolute Gasteiger partial charge is 0.493 e. The number of fused-ring (bicyclic) bond motifs is 1. The molecule has 0 aliphatic carbocycles. The van der Waals surface area contributed by atoms with E-state index in [0.717, 1.165) is 30.0 Å². The number of rotatable bonds is 4. The molecule has 0 N–H and O–H groups in total. The SMILES string of the molecule is CCOC(=O)c1ccc(N=Cc2ccc3c(c2)OCCC3(C)C)cc1. The zero-order chi connectivity index (χ0) is 17.9. The molecule has 0 radical (unpaired) electrons. The molecule has 0 saturated heterocycles. The zero-order valence-corrected chi connectivity index (χ0v) is 14.9. The Morgan fingerprint density at radius 1 is 1.24 bits per heavy atom. The van der Waals surface area contributed by atoms with Gasteiger partial charge in [0.25, 0.3) is 0 Å². The quantitative estimate of drug-likeness (QED) is 0.601. The minimum Gasteiger partial charge on any atom is -0.493 e. The predicted molar refractivity (Wildman–Crippen MR) is 99.2 cm³/mol. The number of hydrogen-bond donors (Lipinski definition) is 0. The van der Waals surface area contributed by atoms with Gasteiger partial charge in [-0.25, -0.2) is 4.79 Å². The summed E-state index contributed by atoms with van der Waals surface area (Å²) >= 11 is 0. The number of nitrogens with zero attached hydrogens (tertiary/aromatic N) is 1. The monoisotopic (exact) mass is 337 g/mol. The van der Waals surface area contributed by atoms with Crippen LogP contribution in [0.15, 0.2) is 47.5 Å². The summed E-state index contributed by atoms with van der Waals surface area (Å²) in [4.78, 5) is 16.1. The van der Waals surface area contributed by atoms with Crippen LogP contribution in [-0.4, -0.2) is 25.4 Å². The summed E-state index contributed by atoms with van der Waals surface area (Å²) in [5.74, 6) is 0.630. The summed E-state index contributed by atoms with van der Waals surface area (Å²) < 4.78 is 10.8. The third-order valence-electron chi connectivity index (χ3n) is 4.46. The first-order valence-corrected chi connectivity index (χ1v) is 8.58. The summed E-state index contributed by atoms with van der Waals surface area (Å²) in [6, 6.07) is 13.3. The molecule has 0 fully saturated rings. The molecule has 2 aromatic rings. The molecule has 0 unspecified atom stereocenters. The van der Waals surface area contributed by atoms with Crippen molar-refractivity contribution in [2.24, 2.45) is 4.99 Å². The number of carbonyl (C=O) groups excluding carboxylic acids is 1. The highest BCUT2D eigenvalue weighted by atomic mass is 16.5. The summed E-state index contributed by atoms with van der Waals surface area (Å²) in [7, 11) is 0. The Morgan fingerprint density at radius 2 is 2.00 bits per heavy atom. The molecular weight excluding hydrogens is 314 g/mol. The standard InChI is InChI=1S/C21H23NO3/c1-4-24-20(23)16-6-8-17(9-7-16)22-14-15-5-10-18-19(13-15)25-12-11-21(18,2)3/h5-10,13-14H,4,11-12H2,1-3H3. The summed E-state index contributed by atoms with van der Waals surface area (Å²) in [5, 5.41) is 0. The van der Waals surface area contributed by atoms with Crippen LogP contribution in [0.4, 0.5) is 5.69 Å². The van der Waals surface area contributed by atoms with Crippen LogP contribution in [0.3, 0.4) is 0 Å². The highest BCUT2D eigenvalue weighted by Crippen LogP contribution is 2.38. The Balaban J connectivity index is 1.75. The molecule has 0 bridgehead atoms. The van der Waals surface area contributed by atoms with Gasteiger partial charge in [0.1, 0.15) is 5.75 Å². The van der Waals surface area contributed by atoms with Gasteiger partial charge in [-0.1, -0.05) is 26.0 Å². The van der Waals surface area contributed by atoms with E-state index in [1.807, 2.05) is 12.3 Å². The first kappa shape index (κ1) is 17.2. The van der Waals surface area contributed by atoms with Gasteiger partial charge < -0.3 is 9.47 Å². The van der Waals surface area contributed by atoms with Gasteiger partial charge in [0, 0.05) is 6.21 Å². The van der Waals surface area contributed by atoms with Crippen molar-refractivity contribution < 1.29 is 14.3 Å². The molecular formula is C21H23NO3. The highest BCUT2D eigenvalue weighted by molar-refractivity contribution is 5.90. The van der Waals surface area contributed by atoms with Crippen LogP contribution in [0.2, 0.25) is 0 Å². The van der Waals surface area contributed by atoms with E-state index in [1.54, 1.807) is 31.2 Å². The zero-order valence-electron chi connectivity index (χ0n) is 14.9. The van der Waals surface area contributed by atoms with Crippen LogP contribution in [0, 0.1) is 0 Å². The van der Waals surface area contributed by atoms with E-state index in [1.165, 1.54) is 5.56 Å². The number of ether oxygens (including phenoxy) is 2. The van der Waals surface area contributed by atoms with E-state index in [2.05, 4.69) is 31.0 Å². The van der Waals surface area contributed by atoms with E-state index < -0.39 is 0 Å². The van der Waals surface area contributed by atoms with Gasteiger partial charge >= 0.3 is 5.97 Å². The lowest BCUT2D eigenvalue weighted by molar-refractivity contribution is 0.0526. The van der Waals surface area contributed by atoms with Crippen molar-refractivity contribution in [2.75, 3.05) is 13.2 Å². The fourth-order valence-corrected chi connectivity index (χ4v) is 2.90. The molecule has 0 atom stereocenters. The molecule has 1 aliphatic rings. The summed E-state index contributed by atoms with van der Waals surface area (Å²) in [6.45, 7) is 7.40. The van der Waals surface area contributed by atoms with Gasteiger partial charge in [-0.05, 0) is 60.2 Å². The van der Waals surface area contributed by atoms with E-state index in [4.69, 9.17) is 9.47 Å². The Kier molecular flexibility index (Phi) is 4.88. The minimum absolute atomic E-state index is 0.145. The second-order valence-corrected chi connectivity index (χ2v) is 6.76. The fourth-order valence-electron chi connectivity index (χ4n) is 2.90. The number of carbonyl (C=O) groups is 1. The van der Waals surface area contributed by atoms with Gasteiger partial charge in [0.2, 0.25) is 0 Å². The van der Waals surface area contributed by atoms with Crippen molar-refractivity contribution in [3.63, 3.8) is 0 Å². The van der Waals surface area contributed by atoms with Crippen LogP contribution in [0.25, 0.3) is 0 Å². The number of esters is 1. The molecule has 0 amide bonds. The molecule has 0 saturated carbocycles. The molecule has 2 aromatic carbocycles. The number of hydrogen-bond acceptors (Lipinski definition) is 4. The van der Waals surface area contributed by atoms with Gasteiger partial charge in [0.15, 0.2) is 0 Å². The first-order chi connectivity index (χ1) is 12.0. The Labute approximate surface area is 148 Å². The normalized spacial score (nSPS) is 15.5. The maximum atomic E-state index is 11.6. The third kappa shape index (κ3) is 3.90. The fraction of sp³-hybridized carbons (Fsp3) is 0.333. The maximum absolute atomic E-state index is 11.6. The Morgan fingerprint density at radius 3 is 2.72 bits per heavy atom. The van der Waals surface area contributed by atoms with Crippen molar-refractivity contribution in [2.45, 2.75) is 32.6 Å². The lowest BCUT2D eigenvalue weighted by Gasteiger charge is -2.32. The molecule has 1 heterocycles. The van der Waals surface area contributed by atoms with Gasteiger partial charge in [-0.3, -0.25) is 4.99 Å². The molecule has 4 nitrogen and oxygen atoms in total. The van der Waals surface area contributed by atoms with Gasteiger partial charge in [-0.2, -0.15) is 0 Å². The van der Waals surface area contributed by atoms with Gasteiger partial charge in [-0.15, -0.1) is 0 Å². The van der Waals surface area contributed by atoms with Crippen molar-refractivity contribution >= 4 is 17.9 Å². The molecule has 25 heavy (non-hydrogen) atoms. The summed E-state index contributed by atoms with van der Waals surface area (Å²) in [6.07, 6.45) is 2.84. The lowest BCUT2D eigenvalue weighted by Crippen LogP contribution is -2.26. The Hall–Kier alpha value is -2.62. The van der Waals surface area contributed by atoms with E-state index in [0.29, 0.717) is 12.2 Å². The van der Waals surface area contributed by atoms with Crippen molar-refractivity contribution in [1.82, 2.24) is 0 Å². The second-order valence-electron chi connectivity index (χ2n) is 6.76. The molecule has 130 valence electrons. The van der Waals surface area contributed by atoms with Crippen molar-refractivity contribution in [3.05, 3.63) is 59.2 Å². The maximum Gasteiger partial charge on any atom is 0.338 e. The topological polar surface area (TPSA) is 47.9 Å². The first-order valence-electron chi connectivity index (χ1n) is 8.58. The van der Waals surface area contributed by atoms with Crippen LogP contribution < -0.4 is 4.74 Å². The molecule has 1 aliphatic heterocycles. The summed E-state index contributed by atoms with van der Waals surface area (Å²) in [5.41, 5.74) is 3.70. The minimum atomic E-state index is -0.313. The van der Waals surface area contributed by atoms with E-state index in [-0.39, 0.29) is 11.4 Å². The van der Waals surface area contributed by atoms with Crippen molar-refractivity contribution in [3.8, 4) is 5.75 Å². The van der Waals surface area contributed by atoms with Crippen LogP contribution >= 0.6 is 0 Å². The smallest absolute Gasteiger partial charge is 0.338 e. The van der Waals surface area contributed by atoms with E-state index in [9.17, 15) is 4.79 Å². The van der Waals surface area contributed by atoms with Gasteiger partial charge in [0.05, 0.1) is 24.5 Å². The predicted octanol–water partition coefficient (Wildman–Crippen LogP) is 4.67. The number of benzene rings is 2. The molecule has 0 spiro atoms. The average molecular weight is 337 g/mol. The lowest BCUT2D eigenvalue weighted by atomic mass is 9.79. The van der Waals surface area contributed by atoms with Crippen LogP contribution in [-0.2, 0) is 10.2 Å². The van der Waals surface area contributed by atoms with Crippen LogP contribution in [0.1, 0.15) is 48.7 Å². The Bertz CT molecular complexity index is 791. The number of aliphatic imine (C=N–C) groups is 1. The molecule has 4 heteroatoms. The molecule has 0 aromatic heterocycles. The average Bonchev–Trinajstić information content (AvgIpc) is 2.60. The second kappa shape index (κ2) is 7.09. The van der Waals surface area contributed by atoms with Crippen LogP contribution in [0.5, 0.6) is 5.75 Å². The highest BCUT2D eigenvalue weighted by Gasteiger charge is 2.28. The molecule has 3 rings (SSSR count).